The number of aromatic hydroxyl groups is 1. The maximum atomic E-state index is 12.8. The van der Waals surface area contributed by atoms with Crippen molar-refractivity contribution in [1.82, 2.24) is 5.32 Å². The molecule has 0 heterocycles. The van der Waals surface area contributed by atoms with E-state index >= 15 is 0 Å². The Morgan fingerprint density at radius 3 is 2.39 bits per heavy atom. The summed E-state index contributed by atoms with van der Waals surface area (Å²) in [4.78, 5) is 24.9. The molecule has 0 saturated carbocycles. The third-order valence-electron chi connectivity index (χ3n) is 3.90. The maximum absolute atomic E-state index is 12.8. The number of benzene rings is 2. The molecule has 1 amide bonds. The van der Waals surface area contributed by atoms with Crippen molar-refractivity contribution in [3.8, 4) is 16.9 Å². The van der Waals surface area contributed by atoms with Crippen LogP contribution in [0.25, 0.3) is 11.1 Å². The first kappa shape index (κ1) is 21.4. The van der Waals surface area contributed by atoms with Crippen molar-refractivity contribution in [2.75, 3.05) is 12.4 Å². The van der Waals surface area contributed by atoms with Crippen LogP contribution in [0.15, 0.2) is 48.5 Å². The van der Waals surface area contributed by atoms with Gasteiger partial charge < -0.3 is 15.2 Å². The minimum Gasteiger partial charge on any atom is -0.507 e. The Kier molecular flexibility index (Phi) is 7.13. The van der Waals surface area contributed by atoms with Crippen molar-refractivity contribution in [2.24, 2.45) is 0 Å². The molecule has 0 aliphatic carbocycles. The first-order chi connectivity index (χ1) is 13.2. The Morgan fingerprint density at radius 2 is 1.79 bits per heavy atom. The summed E-state index contributed by atoms with van der Waals surface area (Å²) in [7, 11) is -4.34. The van der Waals surface area contributed by atoms with Gasteiger partial charge in [-0.25, -0.2) is 4.79 Å². The number of nitrogens with one attached hydrogen (secondary N) is 1. The number of ether oxygens (including phenoxy) is 1. The molecule has 1 atom stereocenters. The van der Waals surface area contributed by atoms with Gasteiger partial charge >= 0.3 is 5.97 Å². The molecule has 0 aliphatic heterocycles. The summed E-state index contributed by atoms with van der Waals surface area (Å²) in [6.45, 7) is 1.60. The molecule has 0 aromatic heterocycles. The largest absolute Gasteiger partial charge is 0.507 e. The Morgan fingerprint density at radius 1 is 1.11 bits per heavy atom. The van der Waals surface area contributed by atoms with Gasteiger partial charge in [-0.1, -0.05) is 42.5 Å². The normalized spacial score (nSPS) is 12.2. The second-order valence-electron chi connectivity index (χ2n) is 5.92. The van der Waals surface area contributed by atoms with Gasteiger partial charge in [-0.3, -0.25) is 9.35 Å². The number of phenols is 1. The van der Waals surface area contributed by atoms with Crippen molar-refractivity contribution in [1.29, 1.82) is 0 Å². The monoisotopic (exact) mass is 407 g/mol. The smallest absolute Gasteiger partial charge is 0.328 e. The van der Waals surface area contributed by atoms with Gasteiger partial charge in [-0.2, -0.15) is 8.42 Å². The molecule has 0 spiro atoms. The van der Waals surface area contributed by atoms with Gasteiger partial charge in [0.05, 0.1) is 17.9 Å². The summed E-state index contributed by atoms with van der Waals surface area (Å²) < 4.78 is 35.8. The molecule has 0 bridgehead atoms. The summed E-state index contributed by atoms with van der Waals surface area (Å²) in [5.41, 5.74) is 1.06. The molecule has 9 heteroatoms. The van der Waals surface area contributed by atoms with Crippen LogP contribution in [0.3, 0.4) is 0 Å². The van der Waals surface area contributed by atoms with Crippen LogP contribution in [-0.4, -0.2) is 48.4 Å². The quantitative estimate of drug-likeness (QED) is 0.451. The Balaban J connectivity index is 2.34. The fourth-order valence-corrected chi connectivity index (χ4v) is 3.16. The van der Waals surface area contributed by atoms with E-state index in [1.165, 1.54) is 6.07 Å². The zero-order valence-electron chi connectivity index (χ0n) is 15.2. The third-order valence-corrected chi connectivity index (χ3v) is 4.65. The number of hydrogen-bond acceptors (Lipinski definition) is 6. The van der Waals surface area contributed by atoms with Gasteiger partial charge in [0.1, 0.15) is 11.8 Å². The van der Waals surface area contributed by atoms with Crippen molar-refractivity contribution in [3.05, 3.63) is 54.1 Å². The molecule has 28 heavy (non-hydrogen) atoms. The van der Waals surface area contributed by atoms with Gasteiger partial charge in [-0.05, 0) is 30.5 Å². The summed E-state index contributed by atoms with van der Waals surface area (Å²) in [5.74, 6) is -2.64. The van der Waals surface area contributed by atoms with E-state index in [1.807, 2.05) is 0 Å². The topological polar surface area (TPSA) is 130 Å². The predicted octanol–water partition coefficient (Wildman–Crippen LogP) is 2.00. The van der Waals surface area contributed by atoms with Crippen molar-refractivity contribution in [3.63, 3.8) is 0 Å². The Bertz CT molecular complexity index is 942. The van der Waals surface area contributed by atoms with Gasteiger partial charge in [0.25, 0.3) is 16.0 Å². The Labute approximate surface area is 162 Å². The molecule has 0 radical (unpaired) electrons. The lowest BCUT2D eigenvalue weighted by Crippen LogP contribution is -2.43. The summed E-state index contributed by atoms with van der Waals surface area (Å²) >= 11 is 0. The fourth-order valence-electron chi connectivity index (χ4n) is 2.63. The van der Waals surface area contributed by atoms with Crippen molar-refractivity contribution in [2.45, 2.75) is 19.4 Å². The zero-order chi connectivity index (χ0) is 20.7. The summed E-state index contributed by atoms with van der Waals surface area (Å²) in [5, 5.41) is 12.6. The lowest BCUT2D eigenvalue weighted by Gasteiger charge is -2.18. The molecule has 2 aromatic rings. The Hall–Kier alpha value is -2.91. The maximum Gasteiger partial charge on any atom is 0.328 e. The van der Waals surface area contributed by atoms with Crippen LogP contribution in [-0.2, 0) is 19.6 Å². The van der Waals surface area contributed by atoms with Crippen LogP contribution >= 0.6 is 0 Å². The summed E-state index contributed by atoms with van der Waals surface area (Å²) in [6, 6.07) is 12.1. The first-order valence-electron chi connectivity index (χ1n) is 8.53. The molecule has 0 aliphatic rings. The highest BCUT2D eigenvalue weighted by Crippen LogP contribution is 2.30. The van der Waals surface area contributed by atoms with E-state index < -0.39 is 33.8 Å². The van der Waals surface area contributed by atoms with Crippen LogP contribution in [0, 0.1) is 0 Å². The predicted molar refractivity (Wildman–Crippen MR) is 102 cm³/mol. The van der Waals surface area contributed by atoms with Crippen molar-refractivity contribution >= 4 is 22.0 Å². The number of carbonyl (C=O) groups excluding carboxylic acids is 2. The van der Waals surface area contributed by atoms with E-state index in [2.05, 4.69) is 5.32 Å². The second-order valence-corrected chi connectivity index (χ2v) is 7.49. The molecule has 0 fully saturated rings. The van der Waals surface area contributed by atoms with E-state index in [0.717, 1.165) is 0 Å². The fraction of sp³-hybridized carbons (Fsp3) is 0.263. The standard InChI is InChI=1S/C19H21NO7S/c1-2-27-19(23)15(11-12-28(24,25)26)20-18(22)17-14(9-6-10-16(17)21)13-7-4-3-5-8-13/h3-10,15,21H,2,11-12H2,1H3,(H,20,22)(H,24,25,26)/t15-/m0/s1. The van der Waals surface area contributed by atoms with E-state index in [0.29, 0.717) is 11.1 Å². The van der Waals surface area contributed by atoms with Gasteiger partial charge in [0, 0.05) is 0 Å². The van der Waals surface area contributed by atoms with Gasteiger partial charge in [-0.15, -0.1) is 0 Å². The van der Waals surface area contributed by atoms with Crippen LogP contribution in [0.4, 0.5) is 0 Å². The molecular weight excluding hydrogens is 386 g/mol. The molecule has 3 N–H and O–H groups in total. The van der Waals surface area contributed by atoms with E-state index in [9.17, 15) is 23.1 Å². The molecule has 2 aromatic carbocycles. The minimum atomic E-state index is -4.34. The molecule has 2 rings (SSSR count). The highest BCUT2D eigenvalue weighted by molar-refractivity contribution is 7.85. The molecule has 0 saturated heterocycles. The van der Waals surface area contributed by atoms with Crippen LogP contribution in [0.5, 0.6) is 5.75 Å². The lowest BCUT2D eigenvalue weighted by molar-refractivity contribution is -0.145. The number of carbonyl (C=O) groups is 2. The number of amides is 1. The number of rotatable bonds is 8. The van der Waals surface area contributed by atoms with E-state index in [4.69, 9.17) is 9.29 Å². The summed E-state index contributed by atoms with van der Waals surface area (Å²) in [6.07, 6.45) is -0.377. The molecule has 150 valence electrons. The molecule has 8 nitrogen and oxygen atoms in total. The zero-order valence-corrected chi connectivity index (χ0v) is 16.0. The lowest BCUT2D eigenvalue weighted by atomic mass is 9.98. The van der Waals surface area contributed by atoms with Gasteiger partial charge in [0.15, 0.2) is 0 Å². The van der Waals surface area contributed by atoms with Crippen LogP contribution in [0.1, 0.15) is 23.7 Å². The number of esters is 1. The third kappa shape index (κ3) is 5.80. The average molecular weight is 407 g/mol. The van der Waals surface area contributed by atoms with Crippen LogP contribution < -0.4 is 5.32 Å². The first-order valence-corrected chi connectivity index (χ1v) is 10.1. The van der Waals surface area contributed by atoms with Crippen molar-refractivity contribution < 1.29 is 32.4 Å². The minimum absolute atomic E-state index is 0.0307. The second kappa shape index (κ2) is 9.34. The van der Waals surface area contributed by atoms with E-state index in [-0.39, 0.29) is 24.3 Å². The van der Waals surface area contributed by atoms with Crippen LogP contribution in [0.2, 0.25) is 0 Å². The highest BCUT2D eigenvalue weighted by Gasteiger charge is 2.27. The average Bonchev–Trinajstić information content (AvgIpc) is 2.64. The highest BCUT2D eigenvalue weighted by atomic mass is 32.2. The molecular formula is C19H21NO7S. The number of hydrogen-bond donors (Lipinski definition) is 3. The number of phenolic OH excluding ortho intramolecular Hbond substituents is 1. The van der Waals surface area contributed by atoms with Gasteiger partial charge in [0.2, 0.25) is 0 Å². The van der Waals surface area contributed by atoms with E-state index in [1.54, 1.807) is 49.4 Å². The SMILES string of the molecule is CCOC(=O)[C@H](CCS(=O)(=O)O)NC(=O)c1c(O)cccc1-c1ccccc1. The molecule has 0 unspecified atom stereocenters.